The van der Waals surface area contributed by atoms with Gasteiger partial charge in [0.25, 0.3) is 0 Å². The highest BCUT2D eigenvalue weighted by atomic mass is 15.4. The van der Waals surface area contributed by atoms with E-state index in [-0.39, 0.29) is 6.04 Å². The second-order valence-corrected chi connectivity index (χ2v) is 4.02. The maximum atomic E-state index is 5.85. The number of nitrogens with zero attached hydrogens (tertiary/aromatic N) is 3. The van der Waals surface area contributed by atoms with Gasteiger partial charge in [0, 0.05) is 18.4 Å². The van der Waals surface area contributed by atoms with Gasteiger partial charge in [-0.3, -0.25) is 0 Å². The molecule has 0 fully saturated rings. The summed E-state index contributed by atoms with van der Waals surface area (Å²) >= 11 is 0. The molecule has 4 nitrogen and oxygen atoms in total. The quantitative estimate of drug-likeness (QED) is 0.691. The second kappa shape index (κ2) is 3.10. The number of aryl methyl sites for hydroxylation is 1. The minimum atomic E-state index is 0.259. The molecule has 0 radical (unpaired) electrons. The minimum absolute atomic E-state index is 0.259. The lowest BCUT2D eigenvalue weighted by molar-refractivity contribution is 0.420. The monoisotopic (exact) mass is 180 g/mol. The van der Waals surface area contributed by atoms with E-state index in [9.17, 15) is 0 Å². The molecule has 1 aromatic rings. The predicted molar refractivity (Wildman–Crippen MR) is 50.4 cm³/mol. The van der Waals surface area contributed by atoms with Crippen molar-refractivity contribution < 1.29 is 0 Å². The number of hydrogen-bond donors (Lipinski definition) is 1. The van der Waals surface area contributed by atoms with E-state index in [0.717, 1.165) is 31.0 Å². The van der Waals surface area contributed by atoms with Gasteiger partial charge in [0.15, 0.2) is 5.82 Å². The maximum absolute atomic E-state index is 5.85. The van der Waals surface area contributed by atoms with Crippen LogP contribution in [0, 0.1) is 0 Å². The van der Waals surface area contributed by atoms with Crippen molar-refractivity contribution in [1.29, 1.82) is 0 Å². The summed E-state index contributed by atoms with van der Waals surface area (Å²) in [5.41, 5.74) is 5.85. The van der Waals surface area contributed by atoms with Gasteiger partial charge in [-0.2, -0.15) is 5.10 Å². The van der Waals surface area contributed by atoms with E-state index in [1.807, 2.05) is 4.68 Å². The molecule has 13 heavy (non-hydrogen) atoms. The van der Waals surface area contributed by atoms with Crippen LogP contribution in [0.2, 0.25) is 0 Å². The van der Waals surface area contributed by atoms with E-state index in [0.29, 0.717) is 5.92 Å². The highest BCUT2D eigenvalue weighted by molar-refractivity contribution is 5.00. The van der Waals surface area contributed by atoms with Crippen molar-refractivity contribution in [1.82, 2.24) is 14.8 Å². The van der Waals surface area contributed by atoms with Gasteiger partial charge in [0.05, 0.1) is 6.54 Å². The molecule has 2 heterocycles. The van der Waals surface area contributed by atoms with Crippen LogP contribution in [-0.4, -0.2) is 20.8 Å². The Hall–Kier alpha value is -0.900. The number of rotatable bonds is 1. The molecule has 1 atom stereocenters. The van der Waals surface area contributed by atoms with Crippen molar-refractivity contribution >= 4 is 0 Å². The van der Waals surface area contributed by atoms with E-state index in [1.54, 1.807) is 0 Å². The summed E-state index contributed by atoms with van der Waals surface area (Å²) in [7, 11) is 0. The first-order valence-corrected chi connectivity index (χ1v) is 4.86. The van der Waals surface area contributed by atoms with Crippen LogP contribution in [0.1, 0.15) is 37.8 Å². The lowest BCUT2D eigenvalue weighted by Gasteiger charge is -2.17. The van der Waals surface area contributed by atoms with Gasteiger partial charge >= 0.3 is 0 Å². The Kier molecular flexibility index (Phi) is 2.07. The van der Waals surface area contributed by atoms with Crippen LogP contribution in [0.3, 0.4) is 0 Å². The minimum Gasteiger partial charge on any atom is -0.326 e. The third-order valence-corrected chi connectivity index (χ3v) is 2.43. The average Bonchev–Trinajstić information content (AvgIpc) is 2.46. The van der Waals surface area contributed by atoms with Gasteiger partial charge in [0.2, 0.25) is 0 Å². The molecular weight excluding hydrogens is 164 g/mol. The van der Waals surface area contributed by atoms with Crippen molar-refractivity contribution in [2.45, 2.75) is 45.2 Å². The van der Waals surface area contributed by atoms with Gasteiger partial charge in [-0.15, -0.1) is 0 Å². The molecule has 1 aliphatic rings. The Labute approximate surface area is 78.1 Å². The first-order valence-electron chi connectivity index (χ1n) is 4.86. The molecule has 0 spiro atoms. The zero-order valence-corrected chi connectivity index (χ0v) is 8.20. The second-order valence-electron chi connectivity index (χ2n) is 4.02. The summed E-state index contributed by atoms with van der Waals surface area (Å²) in [5.74, 6) is 2.46. The molecule has 0 saturated heterocycles. The number of nitrogens with two attached hydrogens (primary N) is 1. The van der Waals surface area contributed by atoms with Crippen molar-refractivity contribution in [2.75, 3.05) is 0 Å². The van der Waals surface area contributed by atoms with Crippen LogP contribution in [0.4, 0.5) is 0 Å². The fraction of sp³-hybridized carbons (Fsp3) is 0.778. The lowest BCUT2D eigenvalue weighted by Crippen LogP contribution is -2.32. The molecule has 1 aliphatic heterocycles. The molecule has 0 bridgehead atoms. The van der Waals surface area contributed by atoms with Gasteiger partial charge in [-0.05, 0) is 6.42 Å². The molecule has 0 unspecified atom stereocenters. The van der Waals surface area contributed by atoms with E-state index in [4.69, 9.17) is 5.73 Å². The van der Waals surface area contributed by atoms with Gasteiger partial charge < -0.3 is 5.73 Å². The zero-order chi connectivity index (χ0) is 9.42. The van der Waals surface area contributed by atoms with Crippen molar-refractivity contribution in [3.8, 4) is 0 Å². The molecule has 1 aromatic heterocycles. The Morgan fingerprint density at radius 3 is 3.00 bits per heavy atom. The van der Waals surface area contributed by atoms with Crippen LogP contribution in [0.25, 0.3) is 0 Å². The van der Waals surface area contributed by atoms with Crippen LogP contribution in [0.15, 0.2) is 0 Å². The summed E-state index contributed by atoms with van der Waals surface area (Å²) in [5, 5.41) is 4.43. The van der Waals surface area contributed by atoms with Crippen molar-refractivity contribution in [3.63, 3.8) is 0 Å². The number of fused-ring (bicyclic) bond motifs is 1. The Balaban J connectivity index is 2.28. The van der Waals surface area contributed by atoms with Gasteiger partial charge in [-0.25, -0.2) is 9.67 Å². The number of hydrogen-bond acceptors (Lipinski definition) is 3. The normalized spacial score (nSPS) is 22.0. The molecule has 0 amide bonds. The van der Waals surface area contributed by atoms with Gasteiger partial charge in [0.1, 0.15) is 5.82 Å². The highest BCUT2D eigenvalue weighted by Gasteiger charge is 2.19. The maximum Gasteiger partial charge on any atom is 0.153 e. The molecule has 0 saturated carbocycles. The summed E-state index contributed by atoms with van der Waals surface area (Å²) in [6, 6.07) is 0.259. The summed E-state index contributed by atoms with van der Waals surface area (Å²) in [4.78, 5) is 4.48. The largest absolute Gasteiger partial charge is 0.326 e. The summed E-state index contributed by atoms with van der Waals surface area (Å²) in [6.07, 6.45) is 2.01. The summed E-state index contributed by atoms with van der Waals surface area (Å²) < 4.78 is 1.96. The molecule has 72 valence electrons. The topological polar surface area (TPSA) is 56.7 Å². The SMILES string of the molecule is CC(C)c1nc2n(n1)C[C@@H](N)CC2. The summed E-state index contributed by atoms with van der Waals surface area (Å²) in [6.45, 7) is 5.05. The molecular formula is C9H16N4. The Morgan fingerprint density at radius 2 is 2.31 bits per heavy atom. The van der Waals surface area contributed by atoms with Crippen LogP contribution in [-0.2, 0) is 13.0 Å². The molecule has 0 aromatic carbocycles. The van der Waals surface area contributed by atoms with E-state index >= 15 is 0 Å². The molecule has 2 rings (SSSR count). The standard InChI is InChI=1S/C9H16N4/c1-6(2)9-11-8-4-3-7(10)5-13(8)12-9/h6-7H,3-5,10H2,1-2H3/t7-/m0/s1. The first kappa shape index (κ1) is 8.69. The van der Waals surface area contributed by atoms with Crippen LogP contribution < -0.4 is 5.73 Å². The third-order valence-electron chi connectivity index (χ3n) is 2.43. The van der Waals surface area contributed by atoms with Crippen molar-refractivity contribution in [2.24, 2.45) is 5.73 Å². The van der Waals surface area contributed by atoms with E-state index in [2.05, 4.69) is 23.9 Å². The van der Waals surface area contributed by atoms with Crippen molar-refractivity contribution in [3.05, 3.63) is 11.6 Å². The third kappa shape index (κ3) is 1.58. The lowest BCUT2D eigenvalue weighted by atomic mass is 10.1. The smallest absolute Gasteiger partial charge is 0.153 e. The van der Waals surface area contributed by atoms with Crippen LogP contribution >= 0.6 is 0 Å². The molecule has 2 N–H and O–H groups in total. The number of aromatic nitrogens is 3. The average molecular weight is 180 g/mol. The van der Waals surface area contributed by atoms with E-state index in [1.165, 1.54) is 0 Å². The fourth-order valence-corrected chi connectivity index (χ4v) is 1.60. The molecule has 0 aliphatic carbocycles. The van der Waals surface area contributed by atoms with Gasteiger partial charge in [-0.1, -0.05) is 13.8 Å². The first-order chi connectivity index (χ1) is 6.16. The predicted octanol–water partition coefficient (Wildman–Crippen LogP) is 0.675. The molecule has 4 heteroatoms. The Bertz CT molecular complexity index is 303. The van der Waals surface area contributed by atoms with Crippen LogP contribution in [0.5, 0.6) is 0 Å². The highest BCUT2D eigenvalue weighted by Crippen LogP contribution is 2.15. The van der Waals surface area contributed by atoms with E-state index < -0.39 is 0 Å². The Morgan fingerprint density at radius 1 is 1.54 bits per heavy atom. The fourth-order valence-electron chi connectivity index (χ4n) is 1.60. The zero-order valence-electron chi connectivity index (χ0n) is 8.20.